The van der Waals surface area contributed by atoms with Gasteiger partial charge in [-0.25, -0.2) is 4.99 Å². The summed E-state index contributed by atoms with van der Waals surface area (Å²) in [7, 11) is 1.66. The number of nitrogens with zero attached hydrogens (tertiary/aromatic N) is 1. The predicted octanol–water partition coefficient (Wildman–Crippen LogP) is 6.29. The standard InChI is InChI=1S/C23H23NO2S/c1-17-8-7-9-21(16-17)26-18(2)23(27-22-10-5-4-6-11-22)24-19-12-14-20(25-3)15-13-19/h4-16,18H,1-3H3. The SMILES string of the molecule is COc1ccc(N=C(Sc2ccccc2)C(C)Oc2cccc(C)c2)cc1. The number of ether oxygens (including phenoxy) is 2. The molecule has 0 aliphatic rings. The zero-order valence-electron chi connectivity index (χ0n) is 15.8. The van der Waals surface area contributed by atoms with E-state index in [1.165, 1.54) is 5.56 Å². The maximum absolute atomic E-state index is 6.17. The first kappa shape index (κ1) is 19.1. The van der Waals surface area contributed by atoms with Crippen LogP contribution in [-0.4, -0.2) is 18.3 Å². The Morgan fingerprint density at radius 3 is 2.30 bits per heavy atom. The average Bonchev–Trinajstić information content (AvgIpc) is 2.69. The second-order valence-corrected chi connectivity index (χ2v) is 7.23. The van der Waals surface area contributed by atoms with Crippen LogP contribution in [0.5, 0.6) is 11.5 Å². The molecule has 0 aliphatic heterocycles. The molecule has 0 saturated carbocycles. The minimum atomic E-state index is -0.181. The van der Waals surface area contributed by atoms with Crippen molar-refractivity contribution in [1.29, 1.82) is 0 Å². The molecule has 4 heteroatoms. The number of methoxy groups -OCH3 is 1. The van der Waals surface area contributed by atoms with Crippen molar-refractivity contribution in [1.82, 2.24) is 0 Å². The van der Waals surface area contributed by atoms with Crippen molar-refractivity contribution in [2.75, 3.05) is 7.11 Å². The van der Waals surface area contributed by atoms with Crippen molar-refractivity contribution >= 4 is 22.5 Å². The number of aliphatic imine (C=N–C) groups is 1. The molecule has 0 N–H and O–H groups in total. The molecule has 0 bridgehead atoms. The smallest absolute Gasteiger partial charge is 0.144 e. The Balaban J connectivity index is 1.86. The zero-order valence-corrected chi connectivity index (χ0v) is 16.6. The summed E-state index contributed by atoms with van der Waals surface area (Å²) >= 11 is 1.62. The monoisotopic (exact) mass is 377 g/mol. The molecule has 0 aromatic heterocycles. The molecule has 3 aromatic rings. The maximum atomic E-state index is 6.17. The van der Waals surface area contributed by atoms with Gasteiger partial charge in [-0.15, -0.1) is 0 Å². The third-order valence-corrected chi connectivity index (χ3v) is 5.07. The quantitative estimate of drug-likeness (QED) is 0.287. The Morgan fingerprint density at radius 1 is 0.889 bits per heavy atom. The molecule has 3 rings (SSSR count). The first-order valence-electron chi connectivity index (χ1n) is 8.83. The fourth-order valence-electron chi connectivity index (χ4n) is 2.53. The molecule has 138 valence electrons. The lowest BCUT2D eigenvalue weighted by atomic mass is 10.2. The van der Waals surface area contributed by atoms with Crippen LogP contribution in [0, 0.1) is 6.92 Å². The number of hydrogen-bond acceptors (Lipinski definition) is 4. The third kappa shape index (κ3) is 5.63. The summed E-state index contributed by atoms with van der Waals surface area (Å²) < 4.78 is 11.4. The maximum Gasteiger partial charge on any atom is 0.144 e. The summed E-state index contributed by atoms with van der Waals surface area (Å²) in [5.41, 5.74) is 2.04. The van der Waals surface area contributed by atoms with Gasteiger partial charge < -0.3 is 9.47 Å². The van der Waals surface area contributed by atoms with E-state index in [1.54, 1.807) is 18.9 Å². The van der Waals surface area contributed by atoms with Crippen LogP contribution in [0.15, 0.2) is 88.8 Å². The van der Waals surface area contributed by atoms with Crippen molar-refractivity contribution in [3.63, 3.8) is 0 Å². The Bertz CT molecular complexity index is 892. The molecule has 0 fully saturated rings. The van der Waals surface area contributed by atoms with Crippen molar-refractivity contribution < 1.29 is 9.47 Å². The lowest BCUT2D eigenvalue weighted by molar-refractivity contribution is 0.290. The summed E-state index contributed by atoms with van der Waals surface area (Å²) in [6.07, 6.45) is -0.181. The van der Waals surface area contributed by atoms with E-state index in [1.807, 2.05) is 67.6 Å². The van der Waals surface area contributed by atoms with Crippen LogP contribution in [0.4, 0.5) is 5.69 Å². The minimum absolute atomic E-state index is 0.181. The van der Waals surface area contributed by atoms with Crippen molar-refractivity contribution in [2.45, 2.75) is 24.8 Å². The summed E-state index contributed by atoms with van der Waals surface area (Å²) in [4.78, 5) is 5.98. The van der Waals surface area contributed by atoms with Crippen LogP contribution in [0.2, 0.25) is 0 Å². The van der Waals surface area contributed by atoms with Crippen LogP contribution < -0.4 is 9.47 Å². The first-order valence-corrected chi connectivity index (χ1v) is 9.64. The number of hydrogen-bond donors (Lipinski definition) is 0. The molecule has 3 nitrogen and oxygen atoms in total. The highest BCUT2D eigenvalue weighted by molar-refractivity contribution is 8.14. The van der Waals surface area contributed by atoms with Gasteiger partial charge in [-0.3, -0.25) is 0 Å². The van der Waals surface area contributed by atoms with E-state index in [-0.39, 0.29) is 6.10 Å². The van der Waals surface area contributed by atoms with Gasteiger partial charge in [-0.1, -0.05) is 42.1 Å². The van der Waals surface area contributed by atoms with Gasteiger partial charge in [0, 0.05) is 4.90 Å². The van der Waals surface area contributed by atoms with Gasteiger partial charge in [-0.05, 0) is 67.9 Å². The van der Waals surface area contributed by atoms with E-state index in [0.29, 0.717) is 0 Å². The summed E-state index contributed by atoms with van der Waals surface area (Å²) in [6.45, 7) is 4.09. The lowest BCUT2D eigenvalue weighted by Crippen LogP contribution is -2.21. The third-order valence-electron chi connectivity index (χ3n) is 3.93. The van der Waals surface area contributed by atoms with Crippen molar-refractivity contribution in [2.24, 2.45) is 4.99 Å². The molecular weight excluding hydrogens is 354 g/mol. The molecule has 3 aromatic carbocycles. The molecule has 27 heavy (non-hydrogen) atoms. The van der Waals surface area contributed by atoms with Gasteiger partial charge in [0.2, 0.25) is 0 Å². The summed E-state index contributed by atoms with van der Waals surface area (Å²) in [6, 6.07) is 26.0. The Labute approximate surface area is 165 Å². The predicted molar refractivity (Wildman–Crippen MR) is 114 cm³/mol. The van der Waals surface area contributed by atoms with Gasteiger partial charge in [0.1, 0.15) is 22.6 Å². The Hall–Kier alpha value is -2.72. The molecule has 0 radical (unpaired) electrons. The highest BCUT2D eigenvalue weighted by Gasteiger charge is 2.15. The fourth-order valence-corrected chi connectivity index (χ4v) is 3.43. The normalized spacial score (nSPS) is 12.5. The molecule has 0 heterocycles. The van der Waals surface area contributed by atoms with Gasteiger partial charge >= 0.3 is 0 Å². The van der Waals surface area contributed by atoms with Crippen LogP contribution in [0.25, 0.3) is 0 Å². The topological polar surface area (TPSA) is 30.8 Å². The second kappa shape index (κ2) is 9.28. The molecule has 1 unspecified atom stereocenters. The molecule has 1 atom stereocenters. The molecule has 0 saturated heterocycles. The molecule has 0 spiro atoms. The zero-order chi connectivity index (χ0) is 19.1. The Kier molecular flexibility index (Phi) is 6.55. The lowest BCUT2D eigenvalue weighted by Gasteiger charge is -2.17. The number of rotatable bonds is 6. The summed E-state index contributed by atoms with van der Waals surface area (Å²) in [5, 5.41) is 0.896. The average molecular weight is 378 g/mol. The van der Waals surface area contributed by atoms with Gasteiger partial charge in [0.05, 0.1) is 12.8 Å². The van der Waals surface area contributed by atoms with E-state index in [4.69, 9.17) is 14.5 Å². The van der Waals surface area contributed by atoms with E-state index in [2.05, 4.69) is 25.1 Å². The van der Waals surface area contributed by atoms with Crippen LogP contribution in [-0.2, 0) is 0 Å². The number of thioether (sulfide) groups is 1. The van der Waals surface area contributed by atoms with E-state index in [9.17, 15) is 0 Å². The van der Waals surface area contributed by atoms with E-state index < -0.39 is 0 Å². The largest absolute Gasteiger partial charge is 0.497 e. The molecular formula is C23H23NO2S. The van der Waals surface area contributed by atoms with Crippen molar-refractivity contribution in [3.8, 4) is 11.5 Å². The Morgan fingerprint density at radius 2 is 1.63 bits per heavy atom. The highest BCUT2D eigenvalue weighted by atomic mass is 32.2. The van der Waals surface area contributed by atoms with Gasteiger partial charge in [-0.2, -0.15) is 0 Å². The summed E-state index contributed by atoms with van der Waals surface area (Å²) in [5.74, 6) is 1.66. The highest BCUT2D eigenvalue weighted by Crippen LogP contribution is 2.27. The minimum Gasteiger partial charge on any atom is -0.497 e. The van der Waals surface area contributed by atoms with Crippen LogP contribution in [0.3, 0.4) is 0 Å². The van der Waals surface area contributed by atoms with E-state index >= 15 is 0 Å². The number of benzene rings is 3. The second-order valence-electron chi connectivity index (χ2n) is 6.14. The van der Waals surface area contributed by atoms with E-state index in [0.717, 1.165) is 27.1 Å². The van der Waals surface area contributed by atoms with Crippen LogP contribution >= 0.6 is 11.8 Å². The number of aryl methyl sites for hydroxylation is 1. The molecule has 0 aliphatic carbocycles. The molecule has 0 amide bonds. The van der Waals surface area contributed by atoms with Gasteiger partial charge in [0.25, 0.3) is 0 Å². The van der Waals surface area contributed by atoms with Crippen molar-refractivity contribution in [3.05, 3.63) is 84.4 Å². The first-order chi connectivity index (χ1) is 13.1. The van der Waals surface area contributed by atoms with Crippen LogP contribution in [0.1, 0.15) is 12.5 Å². The fraction of sp³-hybridized carbons (Fsp3) is 0.174. The van der Waals surface area contributed by atoms with Gasteiger partial charge in [0.15, 0.2) is 0 Å².